The van der Waals surface area contributed by atoms with Crippen molar-refractivity contribution in [2.45, 2.75) is 31.3 Å². The Morgan fingerprint density at radius 2 is 0.812 bits per heavy atom. The van der Waals surface area contributed by atoms with Crippen LogP contribution in [0.2, 0.25) is 0 Å². The van der Waals surface area contributed by atoms with Crippen LogP contribution >= 0.6 is 0 Å². The Bertz CT molecular complexity index is 1400. The number of carboxylic acids is 3. The molecule has 0 fully saturated rings. The van der Waals surface area contributed by atoms with Gasteiger partial charge in [0, 0.05) is 0 Å². The summed E-state index contributed by atoms with van der Waals surface area (Å²) in [6.07, 6.45) is -6.98. The molecule has 0 amide bonds. The summed E-state index contributed by atoms with van der Waals surface area (Å²) < 4.78 is 0. The maximum absolute atomic E-state index is 10.1. The molecule has 4 aromatic carbocycles. The van der Waals surface area contributed by atoms with Crippen molar-refractivity contribution < 1.29 is 60.3 Å². The Morgan fingerprint density at radius 3 is 1.04 bits per heavy atom. The zero-order chi connectivity index (χ0) is 35.4. The van der Waals surface area contributed by atoms with Crippen LogP contribution in [0.25, 0.3) is 5.57 Å². The molecule has 4 atom stereocenters. The molecule has 6 N–H and O–H groups in total. The van der Waals surface area contributed by atoms with Crippen LogP contribution in [0.4, 0.5) is 0 Å². The predicted octanol–water partition coefficient (Wildman–Crippen LogP) is -0.819. The molecule has 48 heavy (non-hydrogen) atoms. The molecular formula is C35H35AlO12. The number of aliphatic hydroxyl groups is 6. The Morgan fingerprint density at radius 1 is 0.542 bits per heavy atom. The van der Waals surface area contributed by atoms with Crippen LogP contribution in [0, 0.1) is 0 Å². The van der Waals surface area contributed by atoms with E-state index in [2.05, 4.69) is 0 Å². The van der Waals surface area contributed by atoms with Gasteiger partial charge in [-0.3, -0.25) is 0 Å². The fourth-order valence-corrected chi connectivity index (χ4v) is 3.46. The first-order valence-corrected chi connectivity index (χ1v) is 13.9. The summed E-state index contributed by atoms with van der Waals surface area (Å²) in [6.45, 7) is 0.780. The number of hydrogen-bond donors (Lipinski definition) is 6. The number of allylic oxidation sites excluding steroid dienone is 1. The van der Waals surface area contributed by atoms with Gasteiger partial charge >= 0.3 is 17.4 Å². The largest absolute Gasteiger partial charge is 3.00 e. The second kappa shape index (κ2) is 23.5. The summed E-state index contributed by atoms with van der Waals surface area (Å²) in [6, 6.07) is 32.9. The van der Waals surface area contributed by atoms with E-state index < -0.39 is 54.7 Å². The fraction of sp³-hybridized carbons (Fsp3) is 0.171. The zero-order valence-electron chi connectivity index (χ0n) is 25.8. The van der Waals surface area contributed by atoms with Crippen LogP contribution in [0.3, 0.4) is 0 Å². The SMILES string of the molecule is CC(=C(O)[C@H](O)[C@@H](O)[C@H](O)[C@H](O)CO)c1ccccc1.O=C([O-])c1ccccc1.O=C([O-])c1ccccc1.O=C([O-])c1ccccc1.[Al+3]. The van der Waals surface area contributed by atoms with Crippen molar-refractivity contribution in [2.75, 3.05) is 6.61 Å². The summed E-state index contributed by atoms with van der Waals surface area (Å²) in [5.74, 6) is -3.89. The molecule has 0 heterocycles. The van der Waals surface area contributed by atoms with Crippen molar-refractivity contribution >= 4 is 40.8 Å². The molecule has 0 bridgehead atoms. The van der Waals surface area contributed by atoms with Gasteiger partial charge in [-0.2, -0.15) is 0 Å². The summed E-state index contributed by atoms with van der Waals surface area (Å²) in [5.41, 5.74) is 1.64. The van der Waals surface area contributed by atoms with Crippen LogP contribution in [-0.2, 0) is 0 Å². The molecule has 0 aromatic heterocycles. The molecule has 0 unspecified atom stereocenters. The van der Waals surface area contributed by atoms with E-state index in [-0.39, 0.29) is 34.1 Å². The van der Waals surface area contributed by atoms with E-state index in [0.29, 0.717) is 11.1 Å². The first kappa shape index (κ1) is 43.2. The molecule has 0 saturated heterocycles. The van der Waals surface area contributed by atoms with Gasteiger partial charge in [0.2, 0.25) is 0 Å². The van der Waals surface area contributed by atoms with Gasteiger partial charge in [0.25, 0.3) is 0 Å². The van der Waals surface area contributed by atoms with Crippen LogP contribution in [0.5, 0.6) is 0 Å². The quantitative estimate of drug-likeness (QED) is 0.0943. The Kier molecular flexibility index (Phi) is 21.1. The van der Waals surface area contributed by atoms with Gasteiger partial charge in [-0.05, 0) is 34.8 Å². The van der Waals surface area contributed by atoms with Gasteiger partial charge in [-0.1, -0.05) is 121 Å². The molecule has 0 aliphatic carbocycles. The molecule has 0 spiro atoms. The van der Waals surface area contributed by atoms with Crippen LogP contribution in [0.1, 0.15) is 43.6 Å². The number of carbonyl (C=O) groups excluding carboxylic acids is 3. The minimum atomic E-state index is -1.82. The number of aliphatic hydroxyl groups excluding tert-OH is 6. The van der Waals surface area contributed by atoms with Crippen molar-refractivity contribution in [3.05, 3.63) is 149 Å². The third-order valence-electron chi connectivity index (χ3n) is 6.15. The maximum Gasteiger partial charge on any atom is 3.00 e. The third kappa shape index (κ3) is 15.6. The Labute approximate surface area is 287 Å². The number of aromatic carboxylic acids is 3. The molecule has 13 heteroatoms. The van der Waals surface area contributed by atoms with Gasteiger partial charge < -0.3 is 60.3 Å². The van der Waals surface area contributed by atoms with E-state index in [4.69, 9.17) is 5.11 Å². The summed E-state index contributed by atoms with van der Waals surface area (Å²) in [5, 5.41) is 87.1. The molecule has 0 radical (unpaired) electrons. The topological polar surface area (TPSA) is 242 Å². The Hall–Kier alpha value is -4.84. The fourth-order valence-electron chi connectivity index (χ4n) is 3.46. The van der Waals surface area contributed by atoms with Gasteiger partial charge in [-0.15, -0.1) is 0 Å². The van der Waals surface area contributed by atoms with E-state index in [0.717, 1.165) is 0 Å². The van der Waals surface area contributed by atoms with Crippen LogP contribution < -0.4 is 15.3 Å². The number of rotatable bonds is 9. The van der Waals surface area contributed by atoms with Gasteiger partial charge in [0.05, 0.1) is 24.5 Å². The van der Waals surface area contributed by atoms with E-state index in [1.807, 2.05) is 0 Å². The molecule has 0 aliphatic rings. The van der Waals surface area contributed by atoms with Gasteiger partial charge in [0.15, 0.2) is 0 Å². The number of benzene rings is 4. The summed E-state index contributed by atoms with van der Waals surface area (Å²) in [4.78, 5) is 30.3. The average molecular weight is 675 g/mol. The molecule has 250 valence electrons. The molecule has 0 aliphatic heterocycles. The van der Waals surface area contributed by atoms with E-state index in [9.17, 15) is 55.2 Å². The monoisotopic (exact) mass is 674 g/mol. The van der Waals surface area contributed by atoms with Crippen LogP contribution in [-0.4, -0.2) is 96.9 Å². The third-order valence-corrected chi connectivity index (χ3v) is 6.15. The summed E-state index contributed by atoms with van der Waals surface area (Å²) >= 11 is 0. The zero-order valence-corrected chi connectivity index (χ0v) is 26.9. The summed E-state index contributed by atoms with van der Waals surface area (Å²) in [7, 11) is 0. The molecule has 4 aromatic rings. The number of hydrogen-bond acceptors (Lipinski definition) is 12. The first-order chi connectivity index (χ1) is 22.3. The van der Waals surface area contributed by atoms with Crippen molar-refractivity contribution in [1.82, 2.24) is 0 Å². The standard InChI is InChI=1S/C14H20O6.3C7H6O2.Al/c1-8(9-5-3-2-4-6-9)11(17)13(19)14(20)12(18)10(16)7-15;3*8-7(9)6-4-2-1-3-5-6;/h2-6,10,12-20H,7H2,1H3;3*1-5H,(H,8,9);/q;;;;+3/p-3/t10-,12-,13+,14+;;;;/m1..../s1. The van der Waals surface area contributed by atoms with Crippen LogP contribution in [0.15, 0.2) is 127 Å². The van der Waals surface area contributed by atoms with E-state index in [1.54, 1.807) is 91.9 Å². The van der Waals surface area contributed by atoms with Crippen molar-refractivity contribution in [1.29, 1.82) is 0 Å². The second-order valence-electron chi connectivity index (χ2n) is 9.51. The first-order valence-electron chi connectivity index (χ1n) is 13.9. The van der Waals surface area contributed by atoms with E-state index >= 15 is 0 Å². The average Bonchev–Trinajstić information content (AvgIpc) is 3.11. The smallest absolute Gasteiger partial charge is 0.545 e. The number of carbonyl (C=O) groups is 3. The number of carboxylic acid groups (broad SMARTS) is 3. The predicted molar refractivity (Wildman–Crippen MR) is 171 cm³/mol. The second-order valence-corrected chi connectivity index (χ2v) is 9.51. The normalized spacial score (nSPS) is 12.9. The van der Waals surface area contributed by atoms with Gasteiger partial charge in [0.1, 0.15) is 30.2 Å². The van der Waals surface area contributed by atoms with Gasteiger partial charge in [-0.25, -0.2) is 0 Å². The Balaban J connectivity index is 0.000000661. The van der Waals surface area contributed by atoms with Crippen molar-refractivity contribution in [3.8, 4) is 0 Å². The minimum absolute atomic E-state index is 0. The molecule has 0 saturated carbocycles. The molecule has 4 rings (SSSR count). The molecule has 12 nitrogen and oxygen atoms in total. The maximum atomic E-state index is 10.1. The van der Waals surface area contributed by atoms with Crippen molar-refractivity contribution in [2.24, 2.45) is 0 Å². The van der Waals surface area contributed by atoms with E-state index in [1.165, 1.54) is 36.4 Å². The molecular weight excluding hydrogens is 639 g/mol. The van der Waals surface area contributed by atoms with Crippen molar-refractivity contribution in [3.63, 3.8) is 0 Å². The minimum Gasteiger partial charge on any atom is -0.545 e.